The Labute approximate surface area is 183 Å². The number of sulfonamides is 1. The molecule has 4 rings (SSSR count). The summed E-state index contributed by atoms with van der Waals surface area (Å²) in [5, 5.41) is 8.93. The summed E-state index contributed by atoms with van der Waals surface area (Å²) in [5.74, 6) is -0.590. The van der Waals surface area contributed by atoms with Crippen LogP contribution in [-0.2, 0) is 14.8 Å². The minimum atomic E-state index is -3.85. The fraction of sp³-hybridized carbons (Fsp3) is 0.636. The number of halogens is 1. The minimum absolute atomic E-state index is 0.0491. The summed E-state index contributed by atoms with van der Waals surface area (Å²) in [7, 11) is -3.85. The van der Waals surface area contributed by atoms with E-state index in [9.17, 15) is 17.6 Å². The van der Waals surface area contributed by atoms with Crippen LogP contribution in [-0.4, -0.2) is 62.4 Å². The third-order valence-corrected chi connectivity index (χ3v) is 8.50. The number of piperazine rings is 1. The number of hydrogen-bond donors (Lipinski definition) is 1. The van der Waals surface area contributed by atoms with E-state index in [1.54, 1.807) is 6.07 Å². The predicted molar refractivity (Wildman–Crippen MR) is 113 cm³/mol. The number of nitrogens with zero attached hydrogens (tertiary/aromatic N) is 3. The number of rotatable bonds is 5. The summed E-state index contributed by atoms with van der Waals surface area (Å²) in [4.78, 5) is 17.3. The van der Waals surface area contributed by atoms with Crippen molar-refractivity contribution in [3.8, 4) is 6.07 Å². The van der Waals surface area contributed by atoms with E-state index in [1.165, 1.54) is 19.3 Å². The highest BCUT2D eigenvalue weighted by Gasteiger charge is 2.34. The molecule has 168 valence electrons. The normalized spacial score (nSPS) is 25.6. The average Bonchev–Trinajstić information content (AvgIpc) is 2.73. The number of benzene rings is 1. The maximum Gasteiger partial charge on any atom is 0.240 e. The molecule has 2 aliphatic carbocycles. The summed E-state index contributed by atoms with van der Waals surface area (Å²) >= 11 is 0. The predicted octanol–water partition coefficient (Wildman–Crippen LogP) is 2.23. The summed E-state index contributed by atoms with van der Waals surface area (Å²) < 4.78 is 41.4. The van der Waals surface area contributed by atoms with Crippen LogP contribution in [0.4, 0.5) is 4.39 Å². The minimum Gasteiger partial charge on any atom is -0.340 e. The van der Waals surface area contributed by atoms with Gasteiger partial charge in [-0.15, -0.1) is 0 Å². The maximum atomic E-state index is 13.5. The molecule has 0 bridgehead atoms. The molecule has 0 unspecified atom stereocenters. The van der Waals surface area contributed by atoms with E-state index in [2.05, 4.69) is 9.62 Å². The lowest BCUT2D eigenvalue weighted by Crippen LogP contribution is -2.54. The Hall–Kier alpha value is -2.02. The van der Waals surface area contributed by atoms with E-state index >= 15 is 0 Å². The molecule has 0 radical (unpaired) electrons. The van der Waals surface area contributed by atoms with Crippen LogP contribution < -0.4 is 4.72 Å². The Morgan fingerprint density at radius 3 is 2.32 bits per heavy atom. The molecule has 0 atom stereocenters. The Kier molecular flexibility index (Phi) is 6.60. The van der Waals surface area contributed by atoms with Crippen LogP contribution in [0.5, 0.6) is 0 Å². The van der Waals surface area contributed by atoms with Crippen molar-refractivity contribution in [2.75, 3.05) is 26.2 Å². The molecule has 1 saturated heterocycles. The first-order valence-electron chi connectivity index (χ1n) is 11.1. The third-order valence-electron chi connectivity index (χ3n) is 6.98. The SMILES string of the molecule is N#Cc1cc(S(=O)(=O)N[C@H]2CC[C@H](C(=O)N3CCN(C4CCC4)CC3)CC2)ccc1F. The highest BCUT2D eigenvalue weighted by Crippen LogP contribution is 2.29. The second-order valence-electron chi connectivity index (χ2n) is 8.87. The lowest BCUT2D eigenvalue weighted by molar-refractivity contribution is -0.139. The molecule has 9 heteroatoms. The Bertz CT molecular complexity index is 957. The van der Waals surface area contributed by atoms with E-state index in [0.717, 1.165) is 44.4 Å². The second kappa shape index (κ2) is 9.23. The maximum absolute atomic E-state index is 13.5. The van der Waals surface area contributed by atoms with E-state index < -0.39 is 15.8 Å². The first-order valence-corrected chi connectivity index (χ1v) is 12.6. The second-order valence-corrected chi connectivity index (χ2v) is 10.6. The Morgan fingerprint density at radius 1 is 1.06 bits per heavy atom. The number of nitrogens with one attached hydrogen (secondary N) is 1. The summed E-state index contributed by atoms with van der Waals surface area (Å²) in [6.45, 7) is 3.48. The molecule has 0 spiro atoms. The lowest BCUT2D eigenvalue weighted by atomic mass is 9.85. The van der Waals surface area contributed by atoms with Crippen molar-refractivity contribution < 1.29 is 17.6 Å². The number of amides is 1. The number of carbonyl (C=O) groups is 1. The van der Waals surface area contributed by atoms with Gasteiger partial charge in [0.15, 0.2) is 0 Å². The molecule has 1 aromatic carbocycles. The van der Waals surface area contributed by atoms with Gasteiger partial charge >= 0.3 is 0 Å². The molecule has 1 aliphatic heterocycles. The molecule has 0 aromatic heterocycles. The van der Waals surface area contributed by atoms with Crippen molar-refractivity contribution in [3.05, 3.63) is 29.6 Å². The van der Waals surface area contributed by atoms with Gasteiger partial charge in [-0.05, 0) is 56.7 Å². The molecule has 3 fully saturated rings. The average molecular weight is 449 g/mol. The molecular weight excluding hydrogens is 419 g/mol. The topological polar surface area (TPSA) is 93.5 Å². The van der Waals surface area contributed by atoms with Crippen molar-refractivity contribution >= 4 is 15.9 Å². The van der Waals surface area contributed by atoms with Crippen LogP contribution in [0.3, 0.4) is 0 Å². The van der Waals surface area contributed by atoms with Crippen molar-refractivity contribution in [1.82, 2.24) is 14.5 Å². The molecule has 2 saturated carbocycles. The lowest BCUT2D eigenvalue weighted by Gasteiger charge is -2.44. The molecule has 1 aromatic rings. The smallest absolute Gasteiger partial charge is 0.240 e. The van der Waals surface area contributed by atoms with Gasteiger partial charge in [0, 0.05) is 44.2 Å². The molecule has 1 amide bonds. The standard InChI is InChI=1S/C22H29FN4O3S/c23-21-9-8-20(14-17(21)15-24)31(29,30)25-18-6-4-16(5-7-18)22(28)27-12-10-26(11-13-27)19-2-1-3-19/h8-9,14,16,18-19,25H,1-7,10-13H2/t16-,18-. The van der Waals surface area contributed by atoms with E-state index in [-0.39, 0.29) is 28.3 Å². The van der Waals surface area contributed by atoms with Crippen LogP contribution >= 0.6 is 0 Å². The van der Waals surface area contributed by atoms with Gasteiger partial charge in [0.05, 0.1) is 10.5 Å². The van der Waals surface area contributed by atoms with E-state index in [4.69, 9.17) is 5.26 Å². The number of nitriles is 1. The number of hydrogen-bond acceptors (Lipinski definition) is 5. The van der Waals surface area contributed by atoms with Crippen LogP contribution in [0.25, 0.3) is 0 Å². The van der Waals surface area contributed by atoms with Gasteiger partial charge in [-0.2, -0.15) is 5.26 Å². The molecule has 7 nitrogen and oxygen atoms in total. The molecule has 31 heavy (non-hydrogen) atoms. The summed E-state index contributed by atoms with van der Waals surface area (Å²) in [6, 6.07) is 5.32. The summed E-state index contributed by atoms with van der Waals surface area (Å²) in [6.07, 6.45) is 6.36. The van der Waals surface area contributed by atoms with E-state index in [0.29, 0.717) is 31.7 Å². The number of carbonyl (C=O) groups excluding carboxylic acids is 1. The molecular formula is C22H29FN4O3S. The van der Waals surface area contributed by atoms with Gasteiger partial charge in [-0.25, -0.2) is 17.5 Å². The zero-order valence-corrected chi connectivity index (χ0v) is 18.4. The quantitative estimate of drug-likeness (QED) is 0.746. The highest BCUT2D eigenvalue weighted by molar-refractivity contribution is 7.89. The van der Waals surface area contributed by atoms with Crippen molar-refractivity contribution in [3.63, 3.8) is 0 Å². The van der Waals surface area contributed by atoms with Gasteiger partial charge in [0.2, 0.25) is 15.9 Å². The zero-order chi connectivity index (χ0) is 22.0. The van der Waals surface area contributed by atoms with Gasteiger partial charge in [0.1, 0.15) is 11.9 Å². The van der Waals surface area contributed by atoms with Gasteiger partial charge < -0.3 is 4.90 Å². The first kappa shape index (κ1) is 22.2. The van der Waals surface area contributed by atoms with Crippen LogP contribution in [0, 0.1) is 23.1 Å². The summed E-state index contributed by atoms with van der Waals surface area (Å²) in [5.41, 5.74) is -0.297. The third kappa shape index (κ3) is 4.92. The molecule has 1 N–H and O–H groups in total. The molecule has 1 heterocycles. The monoisotopic (exact) mass is 448 g/mol. The van der Waals surface area contributed by atoms with Crippen molar-refractivity contribution in [1.29, 1.82) is 5.26 Å². The Balaban J connectivity index is 1.27. The fourth-order valence-corrected chi connectivity index (χ4v) is 6.15. The van der Waals surface area contributed by atoms with Crippen molar-refractivity contribution in [2.24, 2.45) is 5.92 Å². The van der Waals surface area contributed by atoms with Gasteiger partial charge in [0.25, 0.3) is 0 Å². The zero-order valence-electron chi connectivity index (χ0n) is 17.6. The first-order chi connectivity index (χ1) is 14.9. The van der Waals surface area contributed by atoms with Crippen LogP contribution in [0.1, 0.15) is 50.5 Å². The van der Waals surface area contributed by atoms with Crippen molar-refractivity contribution in [2.45, 2.75) is 61.9 Å². The van der Waals surface area contributed by atoms with Gasteiger partial charge in [-0.3, -0.25) is 9.69 Å². The van der Waals surface area contributed by atoms with Crippen LogP contribution in [0.2, 0.25) is 0 Å². The van der Waals surface area contributed by atoms with E-state index in [1.807, 2.05) is 4.90 Å². The fourth-order valence-electron chi connectivity index (χ4n) is 4.82. The van der Waals surface area contributed by atoms with Crippen LogP contribution in [0.15, 0.2) is 23.1 Å². The van der Waals surface area contributed by atoms with Gasteiger partial charge in [-0.1, -0.05) is 6.42 Å². The highest BCUT2D eigenvalue weighted by atomic mass is 32.2. The largest absolute Gasteiger partial charge is 0.340 e. The molecule has 3 aliphatic rings. The Morgan fingerprint density at radius 2 is 1.74 bits per heavy atom.